The number of anilines is 1. The van der Waals surface area contributed by atoms with Gasteiger partial charge in [0.15, 0.2) is 0 Å². The molecular weight excluding hydrogens is 251 g/mol. The second-order valence-corrected chi connectivity index (χ2v) is 4.67. The van der Waals surface area contributed by atoms with Crippen LogP contribution in [-0.4, -0.2) is 0 Å². The highest BCUT2D eigenvalue weighted by Crippen LogP contribution is 2.19. The predicted octanol–water partition coefficient (Wildman–Crippen LogP) is 4.26. The van der Waals surface area contributed by atoms with Gasteiger partial charge in [0, 0.05) is 12.2 Å². The Morgan fingerprint density at radius 2 is 1.95 bits per heavy atom. The monoisotopic (exact) mass is 268 g/mol. The maximum atomic E-state index is 13.3. The number of aryl methyl sites for hydroxylation is 1. The van der Waals surface area contributed by atoms with E-state index in [2.05, 4.69) is 24.4 Å². The van der Waals surface area contributed by atoms with E-state index < -0.39 is 0 Å². The Morgan fingerprint density at radius 3 is 2.70 bits per heavy atom. The third kappa shape index (κ3) is 3.36. The summed E-state index contributed by atoms with van der Waals surface area (Å²) in [5.74, 6) is -0.317. The lowest BCUT2D eigenvalue weighted by atomic mass is 10.1. The van der Waals surface area contributed by atoms with E-state index in [0.29, 0.717) is 17.7 Å². The van der Waals surface area contributed by atoms with Crippen LogP contribution in [-0.2, 0) is 13.0 Å². The number of hydrogen-bond acceptors (Lipinski definition) is 2. The van der Waals surface area contributed by atoms with Gasteiger partial charge in [-0.15, -0.1) is 0 Å². The topological polar surface area (TPSA) is 35.8 Å². The van der Waals surface area contributed by atoms with Crippen molar-refractivity contribution in [2.45, 2.75) is 26.3 Å². The minimum atomic E-state index is -0.317. The zero-order valence-corrected chi connectivity index (χ0v) is 11.5. The van der Waals surface area contributed by atoms with Crippen LogP contribution < -0.4 is 5.32 Å². The largest absolute Gasteiger partial charge is 0.381 e. The van der Waals surface area contributed by atoms with Crippen LogP contribution in [0.3, 0.4) is 0 Å². The molecular formula is C17H17FN2. The Kier molecular flexibility index (Phi) is 4.73. The summed E-state index contributed by atoms with van der Waals surface area (Å²) in [5.41, 5.74) is 3.47. The van der Waals surface area contributed by atoms with Gasteiger partial charge in [-0.25, -0.2) is 4.39 Å². The smallest absolute Gasteiger partial charge is 0.123 e. The van der Waals surface area contributed by atoms with Crippen LogP contribution in [0.4, 0.5) is 10.1 Å². The average Bonchev–Trinajstić information content (AvgIpc) is 2.47. The Bertz CT molecular complexity index is 629. The lowest BCUT2D eigenvalue weighted by Gasteiger charge is -2.12. The third-order valence-corrected chi connectivity index (χ3v) is 3.19. The van der Waals surface area contributed by atoms with Gasteiger partial charge < -0.3 is 5.32 Å². The van der Waals surface area contributed by atoms with Gasteiger partial charge in [0.05, 0.1) is 11.6 Å². The number of nitrogens with zero attached hydrogens (tertiary/aromatic N) is 1. The van der Waals surface area contributed by atoms with Crippen LogP contribution in [0.5, 0.6) is 0 Å². The Hall–Kier alpha value is -2.34. The van der Waals surface area contributed by atoms with Crippen LogP contribution in [0.2, 0.25) is 0 Å². The minimum absolute atomic E-state index is 0.317. The molecule has 0 amide bonds. The van der Waals surface area contributed by atoms with Crippen LogP contribution in [0, 0.1) is 17.1 Å². The van der Waals surface area contributed by atoms with E-state index in [1.54, 1.807) is 0 Å². The molecule has 102 valence electrons. The number of nitrogens with one attached hydrogen (secondary N) is 1. The van der Waals surface area contributed by atoms with E-state index in [4.69, 9.17) is 5.26 Å². The fraction of sp³-hybridized carbons (Fsp3) is 0.235. The summed E-state index contributed by atoms with van der Waals surface area (Å²) in [6, 6.07) is 14.4. The molecule has 0 bridgehead atoms. The van der Waals surface area contributed by atoms with Crippen molar-refractivity contribution in [3.63, 3.8) is 0 Å². The summed E-state index contributed by atoms with van der Waals surface area (Å²) >= 11 is 0. The van der Waals surface area contributed by atoms with E-state index in [9.17, 15) is 4.39 Å². The van der Waals surface area contributed by atoms with E-state index in [-0.39, 0.29) is 5.82 Å². The van der Waals surface area contributed by atoms with Crippen LogP contribution in [0.25, 0.3) is 0 Å². The fourth-order valence-corrected chi connectivity index (χ4v) is 2.19. The highest BCUT2D eigenvalue weighted by molar-refractivity contribution is 5.52. The van der Waals surface area contributed by atoms with Gasteiger partial charge in [-0.2, -0.15) is 5.26 Å². The normalized spacial score (nSPS) is 10.1. The summed E-state index contributed by atoms with van der Waals surface area (Å²) in [5, 5.41) is 12.3. The number of halogens is 1. The molecule has 0 aliphatic heterocycles. The van der Waals surface area contributed by atoms with Crippen molar-refractivity contribution in [2.75, 3.05) is 5.32 Å². The first kappa shape index (κ1) is 14.1. The SMILES string of the molecule is CCCc1ccccc1NCc1cc(F)ccc1C#N. The summed E-state index contributed by atoms with van der Waals surface area (Å²) in [6.45, 7) is 2.58. The molecule has 0 aromatic heterocycles. The number of para-hydroxylation sites is 1. The average molecular weight is 268 g/mol. The van der Waals surface area contributed by atoms with Crippen LogP contribution in [0.1, 0.15) is 30.0 Å². The second-order valence-electron chi connectivity index (χ2n) is 4.67. The highest BCUT2D eigenvalue weighted by atomic mass is 19.1. The summed E-state index contributed by atoms with van der Waals surface area (Å²) in [7, 11) is 0. The van der Waals surface area contributed by atoms with Gasteiger partial charge in [0.25, 0.3) is 0 Å². The van der Waals surface area contributed by atoms with Gasteiger partial charge in [0.2, 0.25) is 0 Å². The maximum Gasteiger partial charge on any atom is 0.123 e. The van der Waals surface area contributed by atoms with Crippen molar-refractivity contribution in [1.82, 2.24) is 0 Å². The Balaban J connectivity index is 2.17. The van der Waals surface area contributed by atoms with Gasteiger partial charge in [-0.1, -0.05) is 31.5 Å². The number of hydrogen-bond donors (Lipinski definition) is 1. The minimum Gasteiger partial charge on any atom is -0.381 e. The molecule has 2 nitrogen and oxygen atoms in total. The standard InChI is InChI=1S/C17H17FN2/c1-2-5-13-6-3-4-7-17(13)20-12-15-10-16(18)9-8-14(15)11-19/h3-4,6-10,20H,2,5,12H2,1H3. The Morgan fingerprint density at radius 1 is 1.15 bits per heavy atom. The maximum absolute atomic E-state index is 13.3. The summed E-state index contributed by atoms with van der Waals surface area (Å²) in [4.78, 5) is 0. The molecule has 2 aromatic rings. The fourth-order valence-electron chi connectivity index (χ4n) is 2.19. The van der Waals surface area contributed by atoms with Crippen molar-refractivity contribution in [1.29, 1.82) is 5.26 Å². The van der Waals surface area contributed by atoms with Gasteiger partial charge in [-0.05, 0) is 41.8 Å². The molecule has 1 N–H and O–H groups in total. The quantitative estimate of drug-likeness (QED) is 0.879. The molecule has 3 heteroatoms. The molecule has 0 aliphatic carbocycles. The molecule has 20 heavy (non-hydrogen) atoms. The van der Waals surface area contributed by atoms with Crippen molar-refractivity contribution >= 4 is 5.69 Å². The lowest BCUT2D eigenvalue weighted by molar-refractivity contribution is 0.625. The molecule has 0 aliphatic rings. The summed E-state index contributed by atoms with van der Waals surface area (Å²) in [6.07, 6.45) is 2.07. The summed E-state index contributed by atoms with van der Waals surface area (Å²) < 4.78 is 13.3. The zero-order chi connectivity index (χ0) is 14.4. The first-order valence-electron chi connectivity index (χ1n) is 6.75. The molecule has 0 unspecified atom stereocenters. The molecule has 0 spiro atoms. The molecule has 2 aromatic carbocycles. The van der Waals surface area contributed by atoms with Crippen LogP contribution in [0.15, 0.2) is 42.5 Å². The number of benzene rings is 2. The van der Waals surface area contributed by atoms with Gasteiger partial charge >= 0.3 is 0 Å². The molecule has 2 rings (SSSR count). The number of rotatable bonds is 5. The van der Waals surface area contributed by atoms with E-state index in [1.807, 2.05) is 18.2 Å². The van der Waals surface area contributed by atoms with Crippen molar-refractivity contribution in [2.24, 2.45) is 0 Å². The Labute approximate surface area is 118 Å². The molecule has 0 fully saturated rings. The first-order valence-corrected chi connectivity index (χ1v) is 6.75. The molecule has 0 saturated heterocycles. The molecule has 0 atom stereocenters. The van der Waals surface area contributed by atoms with Gasteiger partial charge in [0.1, 0.15) is 5.82 Å². The first-order chi connectivity index (χ1) is 9.74. The molecule has 0 radical (unpaired) electrons. The second kappa shape index (κ2) is 6.72. The van der Waals surface area contributed by atoms with Crippen molar-refractivity contribution in [3.05, 3.63) is 65.0 Å². The molecule has 0 heterocycles. The third-order valence-electron chi connectivity index (χ3n) is 3.19. The zero-order valence-electron chi connectivity index (χ0n) is 11.5. The van der Waals surface area contributed by atoms with Crippen molar-refractivity contribution in [3.8, 4) is 6.07 Å². The molecule has 0 saturated carbocycles. The number of nitriles is 1. The highest BCUT2D eigenvalue weighted by Gasteiger charge is 2.05. The van der Waals surface area contributed by atoms with Gasteiger partial charge in [-0.3, -0.25) is 0 Å². The van der Waals surface area contributed by atoms with E-state index in [1.165, 1.54) is 23.8 Å². The van der Waals surface area contributed by atoms with E-state index >= 15 is 0 Å². The lowest BCUT2D eigenvalue weighted by Crippen LogP contribution is -2.04. The van der Waals surface area contributed by atoms with E-state index in [0.717, 1.165) is 18.5 Å². The predicted molar refractivity (Wildman–Crippen MR) is 78.9 cm³/mol. The van der Waals surface area contributed by atoms with Crippen molar-refractivity contribution < 1.29 is 4.39 Å². The van der Waals surface area contributed by atoms with Crippen LogP contribution >= 0.6 is 0 Å².